The topological polar surface area (TPSA) is 118 Å². The Bertz CT molecular complexity index is 1100. The van der Waals surface area contributed by atoms with Crippen LogP contribution in [0.3, 0.4) is 0 Å². The number of halogens is 1. The first kappa shape index (κ1) is 31.5. The lowest BCUT2D eigenvalue weighted by molar-refractivity contribution is -0.138. The van der Waals surface area contributed by atoms with Gasteiger partial charge in [-0.2, -0.15) is 0 Å². The number of hydrogen-bond donors (Lipinski definition) is 1. The summed E-state index contributed by atoms with van der Waals surface area (Å²) in [5.41, 5.74) is -1.17. The van der Waals surface area contributed by atoms with E-state index >= 15 is 0 Å². The molecule has 3 rings (SSSR count). The van der Waals surface area contributed by atoms with Gasteiger partial charge in [-0.3, -0.25) is 14.4 Å². The number of hydrogen-bond acceptors (Lipinski definition) is 7. The summed E-state index contributed by atoms with van der Waals surface area (Å²) >= 11 is 5.84. The molecule has 0 bridgehead atoms. The summed E-state index contributed by atoms with van der Waals surface area (Å²) in [5, 5.41) is 2.80. The number of ether oxygens (including phenoxy) is 3. The average molecular weight is 581 g/mol. The second-order valence-corrected chi connectivity index (χ2v) is 11.2. The first-order valence-electron chi connectivity index (χ1n) is 13.7. The van der Waals surface area contributed by atoms with Crippen molar-refractivity contribution in [2.75, 3.05) is 44.8 Å². The highest BCUT2D eigenvalue weighted by atomic mass is 35.5. The smallest absolute Gasteiger partial charge is 0.411 e. The number of alkyl halides is 1. The third-order valence-corrected chi connectivity index (χ3v) is 7.12. The van der Waals surface area contributed by atoms with Gasteiger partial charge in [0.1, 0.15) is 5.75 Å². The van der Waals surface area contributed by atoms with Crippen molar-refractivity contribution < 1.29 is 33.4 Å². The van der Waals surface area contributed by atoms with Gasteiger partial charge in [0.2, 0.25) is 11.5 Å². The molecule has 1 N–H and O–H groups in total. The molecule has 222 valence electrons. The molecule has 0 radical (unpaired) electrons. The highest BCUT2D eigenvalue weighted by Crippen LogP contribution is 2.39. The largest absolute Gasteiger partial charge is 0.473 e. The Morgan fingerprint density at radius 3 is 2.62 bits per heavy atom. The number of likely N-dealkylation sites (tertiary alicyclic amines) is 1. The second-order valence-electron chi connectivity index (χ2n) is 10.6. The van der Waals surface area contributed by atoms with Gasteiger partial charge in [0.15, 0.2) is 5.56 Å². The maximum Gasteiger partial charge on any atom is 0.411 e. The summed E-state index contributed by atoms with van der Waals surface area (Å²) in [6.45, 7) is 10.2. The van der Waals surface area contributed by atoms with Crippen molar-refractivity contribution in [2.45, 2.75) is 77.1 Å². The molecule has 2 heterocycles. The van der Waals surface area contributed by atoms with E-state index in [4.69, 9.17) is 25.8 Å². The van der Waals surface area contributed by atoms with Crippen LogP contribution >= 0.6 is 11.6 Å². The summed E-state index contributed by atoms with van der Waals surface area (Å²) < 4.78 is 16.5. The first-order valence-corrected chi connectivity index (χ1v) is 14.2. The minimum absolute atomic E-state index is 0.0357. The molecular weight excluding hydrogens is 540 g/mol. The number of piperidine rings is 1. The number of fused-ring (bicyclic) bond motifs is 1. The Morgan fingerprint density at radius 1 is 1.27 bits per heavy atom. The third kappa shape index (κ3) is 7.17. The Kier molecular flexibility index (Phi) is 10.7. The number of amides is 4. The normalized spacial score (nSPS) is 21.4. The zero-order chi connectivity index (χ0) is 29.6. The highest BCUT2D eigenvalue weighted by molar-refractivity contribution is 6.19. The third-order valence-electron chi connectivity index (χ3n) is 7.03. The molecule has 1 saturated heterocycles. The molecule has 0 aromatic heterocycles. The number of anilines is 1. The lowest BCUT2D eigenvalue weighted by Gasteiger charge is -2.42. The SMILES string of the molecule is CCC(=O)NCCN1C(=O)[C@](C)(COC)Oc2ccc(C(=O)N(C(C)C)[C@@H]3CCCN(C(=O)OC(C)Cl)C3)cc21. The number of carbonyl (C=O) groups is 4. The van der Waals surface area contributed by atoms with Crippen LogP contribution in [0.4, 0.5) is 10.5 Å². The maximum atomic E-state index is 13.9. The predicted molar refractivity (Wildman–Crippen MR) is 151 cm³/mol. The van der Waals surface area contributed by atoms with E-state index in [0.29, 0.717) is 36.5 Å². The molecule has 2 aliphatic rings. The van der Waals surface area contributed by atoms with Crippen LogP contribution in [-0.4, -0.2) is 96.8 Å². The molecule has 12 heteroatoms. The molecule has 3 atom stereocenters. The number of carbonyl (C=O) groups excluding carboxylic acids is 4. The lowest BCUT2D eigenvalue weighted by Crippen LogP contribution is -2.58. The van der Waals surface area contributed by atoms with E-state index in [1.165, 1.54) is 12.0 Å². The van der Waals surface area contributed by atoms with E-state index < -0.39 is 17.3 Å². The van der Waals surface area contributed by atoms with Crippen LogP contribution in [0.5, 0.6) is 5.75 Å². The van der Waals surface area contributed by atoms with Crippen LogP contribution in [0.1, 0.15) is 64.2 Å². The van der Waals surface area contributed by atoms with Gasteiger partial charge in [0.25, 0.3) is 11.8 Å². The van der Waals surface area contributed by atoms with Crippen molar-refractivity contribution >= 4 is 41.1 Å². The lowest BCUT2D eigenvalue weighted by atomic mass is 9.99. The Hall–Kier alpha value is -3.05. The number of nitrogens with one attached hydrogen (secondary N) is 1. The molecule has 0 saturated carbocycles. The summed E-state index contributed by atoms with van der Waals surface area (Å²) in [6, 6.07) is 4.65. The van der Waals surface area contributed by atoms with Crippen molar-refractivity contribution in [1.82, 2.24) is 15.1 Å². The second kappa shape index (κ2) is 13.5. The van der Waals surface area contributed by atoms with Gasteiger partial charge in [0.05, 0.1) is 18.3 Å². The van der Waals surface area contributed by atoms with Crippen LogP contribution in [0.15, 0.2) is 18.2 Å². The molecule has 11 nitrogen and oxygen atoms in total. The van der Waals surface area contributed by atoms with E-state index in [-0.39, 0.29) is 49.5 Å². The maximum absolute atomic E-state index is 13.9. The van der Waals surface area contributed by atoms with Gasteiger partial charge in [0, 0.05) is 51.3 Å². The van der Waals surface area contributed by atoms with E-state index in [1.54, 1.807) is 48.8 Å². The van der Waals surface area contributed by atoms with Gasteiger partial charge < -0.3 is 34.2 Å². The molecule has 2 aliphatic heterocycles. The zero-order valence-corrected chi connectivity index (χ0v) is 25.0. The quantitative estimate of drug-likeness (QED) is 0.422. The average Bonchev–Trinajstić information content (AvgIpc) is 2.90. The Balaban J connectivity index is 1.90. The number of nitrogens with zero attached hydrogens (tertiary/aromatic N) is 3. The van der Waals surface area contributed by atoms with Gasteiger partial charge >= 0.3 is 6.09 Å². The predicted octanol–water partition coefficient (Wildman–Crippen LogP) is 3.38. The fourth-order valence-electron chi connectivity index (χ4n) is 5.18. The van der Waals surface area contributed by atoms with E-state index in [1.807, 2.05) is 13.8 Å². The number of benzene rings is 1. The Morgan fingerprint density at radius 2 is 2.00 bits per heavy atom. The van der Waals surface area contributed by atoms with Crippen molar-refractivity contribution in [3.8, 4) is 5.75 Å². The van der Waals surface area contributed by atoms with Gasteiger partial charge in [-0.25, -0.2) is 4.79 Å². The van der Waals surface area contributed by atoms with Gasteiger partial charge in [-0.05, 0) is 58.7 Å². The number of rotatable bonds is 10. The standard InChI is InChI=1S/C28H41ClN4O7/c1-7-24(34)30-12-14-32-22-15-20(10-11-23(22)40-28(5,17-38-6)26(32)36)25(35)33(18(2)3)21-9-8-13-31(16-21)27(37)39-19(4)29/h10-11,15,18-19,21H,7-9,12-14,16-17H2,1-6H3,(H,30,34)/t19?,21-,28+/m1/s1. The monoisotopic (exact) mass is 580 g/mol. The van der Waals surface area contributed by atoms with Crippen molar-refractivity contribution in [2.24, 2.45) is 0 Å². The fraction of sp³-hybridized carbons (Fsp3) is 0.643. The summed E-state index contributed by atoms with van der Waals surface area (Å²) in [7, 11) is 1.49. The van der Waals surface area contributed by atoms with Crippen LogP contribution in [0.2, 0.25) is 0 Å². The van der Waals surface area contributed by atoms with E-state index in [9.17, 15) is 19.2 Å². The first-order chi connectivity index (χ1) is 18.9. The fourth-order valence-corrected chi connectivity index (χ4v) is 5.26. The summed E-state index contributed by atoms with van der Waals surface area (Å²) in [6.07, 6.45) is 1.28. The van der Waals surface area contributed by atoms with Crippen LogP contribution in [-0.2, 0) is 19.1 Å². The molecule has 4 amide bonds. The molecule has 1 fully saturated rings. The van der Waals surface area contributed by atoms with Crippen LogP contribution < -0.4 is 15.0 Å². The van der Waals surface area contributed by atoms with Crippen molar-refractivity contribution in [1.29, 1.82) is 0 Å². The molecule has 1 aromatic carbocycles. The highest BCUT2D eigenvalue weighted by Gasteiger charge is 2.45. The minimum Gasteiger partial charge on any atom is -0.473 e. The molecule has 1 unspecified atom stereocenters. The minimum atomic E-state index is -1.26. The van der Waals surface area contributed by atoms with Crippen molar-refractivity contribution in [3.05, 3.63) is 23.8 Å². The molecular formula is C28H41ClN4O7. The Labute approximate surface area is 241 Å². The summed E-state index contributed by atoms with van der Waals surface area (Å²) in [5.74, 6) is -0.230. The molecule has 40 heavy (non-hydrogen) atoms. The van der Waals surface area contributed by atoms with Gasteiger partial charge in [-0.1, -0.05) is 18.5 Å². The molecule has 1 aromatic rings. The molecule has 0 aliphatic carbocycles. The molecule has 0 spiro atoms. The number of methoxy groups -OCH3 is 1. The van der Waals surface area contributed by atoms with Crippen molar-refractivity contribution in [3.63, 3.8) is 0 Å². The zero-order valence-electron chi connectivity index (χ0n) is 24.2. The van der Waals surface area contributed by atoms with E-state index in [0.717, 1.165) is 12.8 Å². The van der Waals surface area contributed by atoms with Gasteiger partial charge in [-0.15, -0.1) is 0 Å². The van der Waals surface area contributed by atoms with Crippen LogP contribution in [0.25, 0.3) is 0 Å². The van der Waals surface area contributed by atoms with Crippen LogP contribution in [0, 0.1) is 0 Å². The van der Waals surface area contributed by atoms with E-state index in [2.05, 4.69) is 5.32 Å². The summed E-state index contributed by atoms with van der Waals surface area (Å²) in [4.78, 5) is 56.7.